The lowest BCUT2D eigenvalue weighted by Gasteiger charge is -2.28. The highest BCUT2D eigenvalue weighted by molar-refractivity contribution is 5.74. The summed E-state index contributed by atoms with van der Waals surface area (Å²) in [6.07, 6.45) is 1.07. The molecular weight excluding hydrogens is 154 g/mol. The highest BCUT2D eigenvalue weighted by Gasteiger charge is 2.16. The summed E-state index contributed by atoms with van der Waals surface area (Å²) in [6.45, 7) is 3.50. The summed E-state index contributed by atoms with van der Waals surface area (Å²) in [5.41, 5.74) is 0. The van der Waals surface area contributed by atoms with Crippen LogP contribution in [0.5, 0.6) is 0 Å². The molecule has 1 heterocycles. The molecule has 0 saturated carbocycles. The zero-order chi connectivity index (χ0) is 8.97. The van der Waals surface area contributed by atoms with Gasteiger partial charge in [0.2, 0.25) is 0 Å². The Kier molecular flexibility index (Phi) is 3.34. The Hall–Kier alpha value is -0.770. The molecule has 12 heavy (non-hydrogen) atoms. The van der Waals surface area contributed by atoms with E-state index in [2.05, 4.69) is 10.2 Å². The van der Waals surface area contributed by atoms with E-state index in [4.69, 9.17) is 0 Å². The van der Waals surface area contributed by atoms with Gasteiger partial charge >= 0.3 is 6.03 Å². The van der Waals surface area contributed by atoms with Gasteiger partial charge in [0.25, 0.3) is 0 Å². The third-order valence-electron chi connectivity index (χ3n) is 1.99. The first kappa shape index (κ1) is 9.32. The molecule has 4 heteroatoms. The lowest BCUT2D eigenvalue weighted by molar-refractivity contribution is 0.180. The molecule has 0 bridgehead atoms. The second-order valence-electron chi connectivity index (χ2n) is 3.38. The van der Waals surface area contributed by atoms with Crippen molar-refractivity contribution < 1.29 is 4.79 Å². The molecule has 0 radical (unpaired) electrons. The van der Waals surface area contributed by atoms with Crippen molar-refractivity contribution in [3.05, 3.63) is 0 Å². The number of likely N-dealkylation sites (N-methyl/N-ethyl adjacent to an activating group) is 1. The summed E-state index contributed by atoms with van der Waals surface area (Å²) in [7, 11) is 4.03. The molecule has 0 aromatic heterocycles. The minimum absolute atomic E-state index is 0.0862. The molecule has 1 aliphatic rings. The number of nitrogens with one attached hydrogen (secondary N) is 1. The smallest absolute Gasteiger partial charge is 0.317 e. The van der Waals surface area contributed by atoms with Gasteiger partial charge in [0.05, 0.1) is 0 Å². The number of hydrogen-bond acceptors (Lipinski definition) is 2. The predicted molar refractivity (Wildman–Crippen MR) is 48.1 cm³/mol. The fourth-order valence-corrected chi connectivity index (χ4v) is 1.21. The molecule has 0 spiro atoms. The van der Waals surface area contributed by atoms with Crippen LogP contribution in [0.25, 0.3) is 0 Å². The highest BCUT2D eigenvalue weighted by Crippen LogP contribution is 1.98. The predicted octanol–water partition coefficient (Wildman–Crippen LogP) is -0.0367. The van der Waals surface area contributed by atoms with Crippen LogP contribution in [0.3, 0.4) is 0 Å². The quantitative estimate of drug-likeness (QED) is 0.647. The minimum atomic E-state index is 0.0862. The van der Waals surface area contributed by atoms with E-state index in [1.807, 2.05) is 19.0 Å². The minimum Gasteiger partial charge on any atom is -0.338 e. The van der Waals surface area contributed by atoms with Crippen LogP contribution in [0.4, 0.5) is 4.79 Å². The molecule has 0 atom stereocenters. The van der Waals surface area contributed by atoms with Crippen LogP contribution < -0.4 is 5.32 Å². The molecule has 0 unspecified atom stereocenters. The molecule has 1 rings (SSSR count). The van der Waals surface area contributed by atoms with Crippen LogP contribution in [0.15, 0.2) is 0 Å². The first-order valence-electron chi connectivity index (χ1n) is 4.37. The van der Waals surface area contributed by atoms with E-state index in [-0.39, 0.29) is 6.03 Å². The normalized spacial score (nSPS) is 18.2. The lowest BCUT2D eigenvalue weighted by atomic mass is 10.3. The Labute approximate surface area is 73.5 Å². The second-order valence-corrected chi connectivity index (χ2v) is 3.38. The van der Waals surface area contributed by atoms with Crippen molar-refractivity contribution >= 4 is 6.03 Å². The molecule has 0 aromatic carbocycles. The standard InChI is InChI=1S/C8H17N3O/c1-10(2)6-7-11-5-3-4-9-8(11)12/h3-7H2,1-2H3,(H,9,12). The average molecular weight is 171 g/mol. The van der Waals surface area contributed by atoms with Crippen molar-refractivity contribution in [3.8, 4) is 0 Å². The Morgan fingerprint density at radius 1 is 1.58 bits per heavy atom. The van der Waals surface area contributed by atoms with Crippen molar-refractivity contribution in [1.82, 2.24) is 15.1 Å². The van der Waals surface area contributed by atoms with Crippen LogP contribution in [-0.4, -0.2) is 56.1 Å². The third-order valence-corrected chi connectivity index (χ3v) is 1.99. The fourth-order valence-electron chi connectivity index (χ4n) is 1.21. The van der Waals surface area contributed by atoms with Gasteiger partial charge < -0.3 is 15.1 Å². The van der Waals surface area contributed by atoms with Crippen molar-refractivity contribution in [2.75, 3.05) is 40.3 Å². The van der Waals surface area contributed by atoms with Gasteiger partial charge in [-0.05, 0) is 20.5 Å². The first-order valence-corrected chi connectivity index (χ1v) is 4.37. The number of carbonyl (C=O) groups excluding carboxylic acids is 1. The van der Waals surface area contributed by atoms with Gasteiger partial charge in [-0.2, -0.15) is 0 Å². The summed E-state index contributed by atoms with van der Waals surface area (Å²) < 4.78 is 0. The summed E-state index contributed by atoms with van der Waals surface area (Å²) in [6, 6.07) is 0.0862. The van der Waals surface area contributed by atoms with Crippen LogP contribution in [0, 0.1) is 0 Å². The zero-order valence-corrected chi connectivity index (χ0v) is 7.84. The van der Waals surface area contributed by atoms with E-state index in [0.717, 1.165) is 32.6 Å². The van der Waals surface area contributed by atoms with Gasteiger partial charge in [-0.1, -0.05) is 0 Å². The number of rotatable bonds is 3. The zero-order valence-electron chi connectivity index (χ0n) is 7.84. The largest absolute Gasteiger partial charge is 0.338 e. The Balaban J connectivity index is 2.25. The number of nitrogens with zero attached hydrogens (tertiary/aromatic N) is 2. The van der Waals surface area contributed by atoms with Gasteiger partial charge in [0.15, 0.2) is 0 Å². The number of carbonyl (C=O) groups is 1. The number of amides is 2. The van der Waals surface area contributed by atoms with Crippen LogP contribution >= 0.6 is 0 Å². The maximum Gasteiger partial charge on any atom is 0.317 e. The Bertz CT molecular complexity index is 158. The Morgan fingerprint density at radius 3 is 2.92 bits per heavy atom. The molecule has 0 aromatic rings. The molecule has 1 fully saturated rings. The summed E-state index contributed by atoms with van der Waals surface area (Å²) in [4.78, 5) is 15.2. The summed E-state index contributed by atoms with van der Waals surface area (Å²) in [5, 5.41) is 2.82. The Morgan fingerprint density at radius 2 is 2.33 bits per heavy atom. The SMILES string of the molecule is CN(C)CCN1CCCNC1=O. The molecule has 70 valence electrons. The molecule has 1 saturated heterocycles. The fraction of sp³-hybridized carbons (Fsp3) is 0.875. The van der Waals surface area contributed by atoms with Crippen LogP contribution in [-0.2, 0) is 0 Å². The second kappa shape index (κ2) is 4.30. The molecule has 4 nitrogen and oxygen atoms in total. The van der Waals surface area contributed by atoms with E-state index in [1.54, 1.807) is 0 Å². The maximum absolute atomic E-state index is 11.2. The molecule has 0 aliphatic carbocycles. The van der Waals surface area contributed by atoms with E-state index in [9.17, 15) is 4.79 Å². The lowest BCUT2D eigenvalue weighted by Crippen LogP contribution is -2.48. The first-order chi connectivity index (χ1) is 5.70. The molecule has 2 amide bonds. The van der Waals surface area contributed by atoms with E-state index in [0.29, 0.717) is 0 Å². The van der Waals surface area contributed by atoms with Crippen molar-refractivity contribution in [2.45, 2.75) is 6.42 Å². The summed E-state index contributed by atoms with van der Waals surface area (Å²) in [5.74, 6) is 0. The van der Waals surface area contributed by atoms with Gasteiger partial charge in [-0.25, -0.2) is 4.79 Å². The van der Waals surface area contributed by atoms with Crippen molar-refractivity contribution in [3.63, 3.8) is 0 Å². The van der Waals surface area contributed by atoms with Gasteiger partial charge in [-0.3, -0.25) is 0 Å². The van der Waals surface area contributed by atoms with Gasteiger partial charge in [0, 0.05) is 26.2 Å². The number of urea groups is 1. The van der Waals surface area contributed by atoms with E-state index < -0.39 is 0 Å². The number of hydrogen-bond donors (Lipinski definition) is 1. The van der Waals surface area contributed by atoms with Gasteiger partial charge in [-0.15, -0.1) is 0 Å². The third kappa shape index (κ3) is 2.70. The van der Waals surface area contributed by atoms with Crippen molar-refractivity contribution in [2.24, 2.45) is 0 Å². The van der Waals surface area contributed by atoms with Gasteiger partial charge in [0.1, 0.15) is 0 Å². The van der Waals surface area contributed by atoms with E-state index >= 15 is 0 Å². The van der Waals surface area contributed by atoms with Crippen molar-refractivity contribution in [1.29, 1.82) is 0 Å². The average Bonchev–Trinajstić information content (AvgIpc) is 2.03. The maximum atomic E-state index is 11.2. The summed E-state index contributed by atoms with van der Waals surface area (Å²) >= 11 is 0. The topological polar surface area (TPSA) is 35.6 Å². The highest BCUT2D eigenvalue weighted by atomic mass is 16.2. The molecule has 1 aliphatic heterocycles. The monoisotopic (exact) mass is 171 g/mol. The van der Waals surface area contributed by atoms with Crippen LogP contribution in [0.1, 0.15) is 6.42 Å². The molecular formula is C8H17N3O. The van der Waals surface area contributed by atoms with Crippen LogP contribution in [0.2, 0.25) is 0 Å². The molecule has 1 N–H and O–H groups in total. The van der Waals surface area contributed by atoms with E-state index in [1.165, 1.54) is 0 Å².